The molecule has 1 amide bonds. The lowest BCUT2D eigenvalue weighted by molar-refractivity contribution is -0.115. The number of ether oxygens (including phenoxy) is 1. The summed E-state index contributed by atoms with van der Waals surface area (Å²) in [6.45, 7) is 11.2. The Hall–Kier alpha value is -2.08. The van der Waals surface area contributed by atoms with Gasteiger partial charge in [0.15, 0.2) is 0 Å². The third kappa shape index (κ3) is 5.96. The van der Waals surface area contributed by atoms with Gasteiger partial charge in [-0.25, -0.2) is 0 Å². The van der Waals surface area contributed by atoms with Crippen molar-refractivity contribution in [2.24, 2.45) is 5.16 Å². The van der Waals surface area contributed by atoms with Crippen molar-refractivity contribution >= 4 is 12.1 Å². The number of hydrogen-bond acceptors (Lipinski definition) is 5. The van der Waals surface area contributed by atoms with E-state index in [1.54, 1.807) is 7.11 Å². The molecule has 0 saturated carbocycles. The van der Waals surface area contributed by atoms with Gasteiger partial charge in [-0.3, -0.25) is 9.69 Å². The molecular weight excluding hydrogens is 342 g/mol. The standard InChI is InChI=1S/C21H33N3O3/c1-15(23-20(25)12-22-26)13-24-9-7-6-8-16-10-18(21(2,3)4)19(27-5)11-17(16)14-24/h10-12,15,26H,6-9,13-14H2,1-5H3,(H,23,25)/b22-12-/t15-/m0/s1. The maximum Gasteiger partial charge on any atom is 0.266 e. The van der Waals surface area contributed by atoms with Gasteiger partial charge in [-0.1, -0.05) is 32.0 Å². The van der Waals surface area contributed by atoms with E-state index in [0.29, 0.717) is 0 Å². The lowest BCUT2D eigenvalue weighted by Gasteiger charge is -2.30. The van der Waals surface area contributed by atoms with Gasteiger partial charge in [-0.05, 0) is 60.9 Å². The number of amides is 1. The summed E-state index contributed by atoms with van der Waals surface area (Å²) >= 11 is 0. The number of nitrogens with one attached hydrogen (secondary N) is 1. The zero-order chi connectivity index (χ0) is 20.0. The molecule has 1 atom stereocenters. The fourth-order valence-electron chi connectivity index (χ4n) is 3.69. The lowest BCUT2D eigenvalue weighted by Crippen LogP contribution is -2.42. The van der Waals surface area contributed by atoms with E-state index in [9.17, 15) is 4.79 Å². The molecule has 150 valence electrons. The number of nitrogens with zero attached hydrogens (tertiary/aromatic N) is 2. The molecule has 6 heteroatoms. The van der Waals surface area contributed by atoms with Crippen molar-refractivity contribution < 1.29 is 14.7 Å². The first-order chi connectivity index (χ1) is 12.7. The second-order valence-corrected chi connectivity index (χ2v) is 8.42. The summed E-state index contributed by atoms with van der Waals surface area (Å²) in [5, 5.41) is 14.1. The molecule has 1 aliphatic heterocycles. The Bertz CT molecular complexity index is 680. The van der Waals surface area contributed by atoms with E-state index >= 15 is 0 Å². The van der Waals surface area contributed by atoms with Crippen molar-refractivity contribution in [2.75, 3.05) is 20.2 Å². The lowest BCUT2D eigenvalue weighted by atomic mass is 9.83. The summed E-state index contributed by atoms with van der Waals surface area (Å²) in [5.74, 6) is 0.566. The van der Waals surface area contributed by atoms with Crippen LogP contribution in [0, 0.1) is 0 Å². The molecule has 1 aromatic carbocycles. The second kappa shape index (κ2) is 9.22. The van der Waals surface area contributed by atoms with Crippen LogP contribution in [0.3, 0.4) is 0 Å². The van der Waals surface area contributed by atoms with E-state index < -0.39 is 0 Å². The van der Waals surface area contributed by atoms with Crippen LogP contribution in [0.1, 0.15) is 57.2 Å². The van der Waals surface area contributed by atoms with Gasteiger partial charge >= 0.3 is 0 Å². The molecule has 1 heterocycles. The third-order valence-corrected chi connectivity index (χ3v) is 4.99. The van der Waals surface area contributed by atoms with Crippen LogP contribution in [-0.2, 0) is 23.2 Å². The predicted molar refractivity (Wildman–Crippen MR) is 108 cm³/mol. The Morgan fingerprint density at radius 3 is 2.74 bits per heavy atom. The summed E-state index contributed by atoms with van der Waals surface area (Å²) in [4.78, 5) is 13.9. The summed E-state index contributed by atoms with van der Waals surface area (Å²) in [5.41, 5.74) is 3.99. The molecular formula is C21H33N3O3. The average Bonchev–Trinajstić information content (AvgIpc) is 2.55. The molecule has 1 aromatic rings. The van der Waals surface area contributed by atoms with E-state index in [1.165, 1.54) is 16.7 Å². The van der Waals surface area contributed by atoms with Crippen LogP contribution in [0.4, 0.5) is 0 Å². The van der Waals surface area contributed by atoms with Crippen molar-refractivity contribution in [3.05, 3.63) is 28.8 Å². The SMILES string of the molecule is COc1cc2c(cc1C(C)(C)C)CCCCN(C[C@H](C)NC(=O)/C=N\O)C2. The highest BCUT2D eigenvalue weighted by atomic mass is 16.5. The highest BCUT2D eigenvalue weighted by molar-refractivity contribution is 6.26. The predicted octanol–water partition coefficient (Wildman–Crippen LogP) is 3.10. The first-order valence-electron chi connectivity index (χ1n) is 9.65. The Labute approximate surface area is 162 Å². The van der Waals surface area contributed by atoms with Crippen molar-refractivity contribution in [3.63, 3.8) is 0 Å². The number of oxime groups is 1. The maximum absolute atomic E-state index is 11.6. The Balaban J connectivity index is 2.20. The molecule has 2 rings (SSSR count). The van der Waals surface area contributed by atoms with Gasteiger partial charge in [-0.2, -0.15) is 0 Å². The van der Waals surface area contributed by atoms with E-state index in [1.807, 2.05) is 6.92 Å². The molecule has 0 unspecified atom stereocenters. The molecule has 1 aliphatic rings. The van der Waals surface area contributed by atoms with E-state index in [0.717, 1.165) is 50.9 Å². The minimum atomic E-state index is -0.381. The summed E-state index contributed by atoms with van der Waals surface area (Å²) in [6, 6.07) is 4.48. The highest BCUT2D eigenvalue weighted by Gasteiger charge is 2.23. The van der Waals surface area contributed by atoms with E-state index in [4.69, 9.17) is 9.94 Å². The van der Waals surface area contributed by atoms with E-state index in [-0.39, 0.29) is 17.4 Å². The van der Waals surface area contributed by atoms with Gasteiger partial charge in [0.1, 0.15) is 12.0 Å². The number of aryl methyl sites for hydroxylation is 1. The van der Waals surface area contributed by atoms with Crippen LogP contribution in [0.25, 0.3) is 0 Å². The molecule has 0 spiro atoms. The van der Waals surface area contributed by atoms with Crippen molar-refractivity contribution in [2.45, 2.75) is 65.0 Å². The zero-order valence-electron chi connectivity index (χ0n) is 17.2. The maximum atomic E-state index is 11.6. The fraction of sp³-hybridized carbons (Fsp3) is 0.619. The Kier molecular flexibility index (Phi) is 7.25. The molecule has 0 aromatic heterocycles. The van der Waals surface area contributed by atoms with Crippen molar-refractivity contribution in [3.8, 4) is 5.75 Å². The summed E-state index contributed by atoms with van der Waals surface area (Å²) < 4.78 is 5.69. The minimum absolute atomic E-state index is 0.0332. The van der Waals surface area contributed by atoms with Gasteiger partial charge in [0.25, 0.3) is 5.91 Å². The molecule has 2 N–H and O–H groups in total. The van der Waals surface area contributed by atoms with Crippen LogP contribution in [0.15, 0.2) is 17.3 Å². The summed E-state index contributed by atoms with van der Waals surface area (Å²) in [6.07, 6.45) is 4.26. The highest BCUT2D eigenvalue weighted by Crippen LogP contribution is 2.35. The zero-order valence-corrected chi connectivity index (χ0v) is 17.2. The number of methoxy groups -OCH3 is 1. The smallest absolute Gasteiger partial charge is 0.266 e. The summed E-state index contributed by atoms with van der Waals surface area (Å²) in [7, 11) is 1.73. The molecule has 0 radical (unpaired) electrons. The molecule has 0 aliphatic carbocycles. The third-order valence-electron chi connectivity index (χ3n) is 4.99. The molecule has 27 heavy (non-hydrogen) atoms. The van der Waals surface area contributed by atoms with Crippen molar-refractivity contribution in [1.82, 2.24) is 10.2 Å². The van der Waals surface area contributed by atoms with Gasteiger partial charge < -0.3 is 15.3 Å². The van der Waals surface area contributed by atoms with Gasteiger partial charge in [0.2, 0.25) is 0 Å². The number of carbonyl (C=O) groups excluding carboxylic acids is 1. The molecule has 0 bridgehead atoms. The normalized spacial score (nSPS) is 17.1. The first kappa shape index (κ1) is 21.2. The fourth-order valence-corrected chi connectivity index (χ4v) is 3.69. The number of carbonyl (C=O) groups is 1. The molecule has 0 saturated heterocycles. The minimum Gasteiger partial charge on any atom is -0.496 e. The largest absolute Gasteiger partial charge is 0.496 e. The number of hydrogen-bond donors (Lipinski definition) is 2. The number of fused-ring (bicyclic) bond motifs is 1. The van der Waals surface area contributed by atoms with Gasteiger partial charge in [0.05, 0.1) is 7.11 Å². The quantitative estimate of drug-likeness (QED) is 0.471. The Morgan fingerprint density at radius 1 is 1.37 bits per heavy atom. The topological polar surface area (TPSA) is 74.2 Å². The van der Waals surface area contributed by atoms with Gasteiger partial charge in [-0.15, -0.1) is 0 Å². The van der Waals surface area contributed by atoms with E-state index in [2.05, 4.69) is 48.3 Å². The van der Waals surface area contributed by atoms with Gasteiger partial charge in [0, 0.05) is 19.1 Å². The first-order valence-corrected chi connectivity index (χ1v) is 9.65. The number of rotatable bonds is 5. The van der Waals surface area contributed by atoms with Crippen LogP contribution in [0.5, 0.6) is 5.75 Å². The Morgan fingerprint density at radius 2 is 2.11 bits per heavy atom. The van der Waals surface area contributed by atoms with Crippen LogP contribution in [0.2, 0.25) is 0 Å². The van der Waals surface area contributed by atoms with Crippen molar-refractivity contribution in [1.29, 1.82) is 0 Å². The van der Waals surface area contributed by atoms with Crippen LogP contribution < -0.4 is 10.1 Å². The van der Waals surface area contributed by atoms with Crippen LogP contribution in [-0.4, -0.2) is 48.5 Å². The monoisotopic (exact) mass is 375 g/mol. The second-order valence-electron chi connectivity index (χ2n) is 8.42. The molecule has 6 nitrogen and oxygen atoms in total. The average molecular weight is 376 g/mol. The molecule has 0 fully saturated rings. The van der Waals surface area contributed by atoms with Crippen LogP contribution >= 0.6 is 0 Å². The number of benzene rings is 1.